The first-order chi connectivity index (χ1) is 31.7. The second-order valence-electron chi connectivity index (χ2n) is 20.4. The van der Waals surface area contributed by atoms with Crippen LogP contribution in [0.4, 0.5) is 0 Å². The highest BCUT2D eigenvalue weighted by Gasteiger charge is 2.18. The average Bonchev–Trinajstić information content (AvgIpc) is 3.30. The number of carbonyl (C=O) groups is 1. The van der Waals surface area contributed by atoms with Gasteiger partial charge in [-0.3, -0.25) is 4.79 Å². The lowest BCUT2D eigenvalue weighted by Crippen LogP contribution is -2.45. The minimum atomic E-state index is -0.859. The van der Waals surface area contributed by atoms with Crippen molar-refractivity contribution in [1.29, 1.82) is 0 Å². The largest absolute Gasteiger partial charge is 0.394 e. The summed E-state index contributed by atoms with van der Waals surface area (Å²) in [6, 6.07) is -0.635. The lowest BCUT2D eigenvalue weighted by molar-refractivity contribution is -0.123. The number of allylic oxidation sites excluding steroid dienone is 3. The molecule has 0 aromatic heterocycles. The maximum absolute atomic E-state index is 12.4. The van der Waals surface area contributed by atoms with Gasteiger partial charge in [-0.2, -0.15) is 0 Å². The number of rotatable bonds is 55. The van der Waals surface area contributed by atoms with Gasteiger partial charge in [-0.15, -0.1) is 0 Å². The number of hydrogen-bond donors (Lipinski definition) is 3. The summed E-state index contributed by atoms with van der Waals surface area (Å²) in [5.74, 6) is -0.0674. The van der Waals surface area contributed by atoms with E-state index in [1.807, 2.05) is 6.08 Å². The van der Waals surface area contributed by atoms with E-state index in [2.05, 4.69) is 31.3 Å². The Bertz CT molecular complexity index is 932. The lowest BCUT2D eigenvalue weighted by atomic mass is 10.0. The maximum Gasteiger partial charge on any atom is 0.220 e. The molecule has 4 nitrogen and oxygen atoms in total. The zero-order valence-electron chi connectivity index (χ0n) is 43.8. The second-order valence-corrected chi connectivity index (χ2v) is 20.4. The minimum absolute atomic E-state index is 0.0674. The molecule has 0 aliphatic rings. The van der Waals surface area contributed by atoms with Crippen LogP contribution in [0.25, 0.3) is 0 Å². The molecule has 4 heteroatoms. The molecule has 0 radical (unpaired) electrons. The molecule has 380 valence electrons. The minimum Gasteiger partial charge on any atom is -0.394 e. The Morgan fingerprint density at radius 2 is 0.609 bits per heavy atom. The van der Waals surface area contributed by atoms with Gasteiger partial charge in [0.15, 0.2) is 0 Å². The van der Waals surface area contributed by atoms with Gasteiger partial charge in [-0.1, -0.05) is 321 Å². The van der Waals surface area contributed by atoms with Crippen LogP contribution in [-0.2, 0) is 4.79 Å². The first-order valence-corrected chi connectivity index (χ1v) is 29.6. The van der Waals surface area contributed by atoms with Crippen molar-refractivity contribution in [2.75, 3.05) is 6.61 Å². The predicted octanol–water partition coefficient (Wildman–Crippen LogP) is 19.5. The molecule has 0 aliphatic carbocycles. The topological polar surface area (TPSA) is 69.6 Å². The van der Waals surface area contributed by atoms with Gasteiger partial charge in [-0.25, -0.2) is 0 Å². The number of unbranched alkanes of at least 4 members (excludes halogenated alkanes) is 46. The van der Waals surface area contributed by atoms with E-state index in [-0.39, 0.29) is 12.5 Å². The molecule has 0 bridgehead atoms. The van der Waals surface area contributed by atoms with E-state index in [4.69, 9.17) is 0 Å². The summed E-state index contributed by atoms with van der Waals surface area (Å²) in [5, 5.41) is 23.1. The van der Waals surface area contributed by atoms with E-state index in [1.54, 1.807) is 6.08 Å². The monoisotopic (exact) mass is 900 g/mol. The molecular weight excluding hydrogens is 783 g/mol. The van der Waals surface area contributed by atoms with Crippen molar-refractivity contribution in [3.63, 3.8) is 0 Å². The van der Waals surface area contributed by atoms with Crippen molar-refractivity contribution < 1.29 is 15.0 Å². The van der Waals surface area contributed by atoms with E-state index in [0.29, 0.717) is 6.42 Å². The van der Waals surface area contributed by atoms with Crippen molar-refractivity contribution in [2.24, 2.45) is 0 Å². The van der Waals surface area contributed by atoms with Crippen LogP contribution in [0.2, 0.25) is 0 Å². The van der Waals surface area contributed by atoms with E-state index < -0.39 is 12.1 Å². The van der Waals surface area contributed by atoms with Crippen LogP contribution in [-0.4, -0.2) is 34.9 Å². The molecule has 64 heavy (non-hydrogen) atoms. The molecule has 0 heterocycles. The van der Waals surface area contributed by atoms with Gasteiger partial charge in [0, 0.05) is 6.42 Å². The fraction of sp³-hybridized carbons (Fsp3) is 0.917. The molecule has 0 spiro atoms. The Morgan fingerprint density at radius 1 is 0.359 bits per heavy atom. The molecule has 0 saturated carbocycles. The number of aliphatic hydroxyl groups excluding tert-OH is 2. The molecule has 2 atom stereocenters. The standard InChI is InChI=1S/C60H117NO3/c1-3-5-7-9-11-13-15-17-19-20-21-22-23-24-25-26-27-28-29-30-31-32-33-34-35-36-37-38-39-40-42-44-46-48-50-52-54-56-60(64)61-58(57-62)59(63)55-53-51-49-47-45-43-41-18-16-14-12-10-8-6-4-2/h45,47,53,55,58-59,62-63H,3-44,46,48-52,54,56-57H2,1-2H3,(H,61,64)/b47-45+,55-53+. The summed E-state index contributed by atoms with van der Waals surface area (Å²) in [4.78, 5) is 12.4. The summed E-state index contributed by atoms with van der Waals surface area (Å²) in [6.07, 6.45) is 75.2. The van der Waals surface area contributed by atoms with E-state index in [9.17, 15) is 15.0 Å². The quantitative estimate of drug-likeness (QED) is 0.0421. The molecule has 0 fully saturated rings. The summed E-state index contributed by atoms with van der Waals surface area (Å²) >= 11 is 0. The summed E-state index contributed by atoms with van der Waals surface area (Å²) in [5.41, 5.74) is 0. The van der Waals surface area contributed by atoms with E-state index in [1.165, 1.54) is 283 Å². The van der Waals surface area contributed by atoms with Crippen LogP contribution in [0.1, 0.15) is 335 Å². The molecule has 0 rings (SSSR count). The zero-order chi connectivity index (χ0) is 46.3. The normalized spacial score (nSPS) is 12.9. The van der Waals surface area contributed by atoms with Gasteiger partial charge < -0.3 is 15.5 Å². The highest BCUT2D eigenvalue weighted by atomic mass is 16.3. The third kappa shape index (κ3) is 51.8. The first kappa shape index (κ1) is 62.9. The molecule has 0 aromatic rings. The Hall–Kier alpha value is -1.13. The summed E-state index contributed by atoms with van der Waals surface area (Å²) in [7, 11) is 0. The zero-order valence-corrected chi connectivity index (χ0v) is 43.8. The van der Waals surface area contributed by atoms with Gasteiger partial charge >= 0.3 is 0 Å². The average molecular weight is 901 g/mol. The van der Waals surface area contributed by atoms with Crippen LogP contribution < -0.4 is 5.32 Å². The van der Waals surface area contributed by atoms with Crippen molar-refractivity contribution in [2.45, 2.75) is 347 Å². The van der Waals surface area contributed by atoms with E-state index in [0.717, 1.165) is 32.1 Å². The molecular formula is C60H117NO3. The first-order valence-electron chi connectivity index (χ1n) is 29.6. The fourth-order valence-electron chi connectivity index (χ4n) is 9.43. The number of nitrogens with one attached hydrogen (secondary N) is 1. The predicted molar refractivity (Wildman–Crippen MR) is 286 cm³/mol. The number of carbonyl (C=O) groups excluding carboxylic acids is 1. The van der Waals surface area contributed by atoms with Gasteiger partial charge in [0.25, 0.3) is 0 Å². The van der Waals surface area contributed by atoms with Gasteiger partial charge in [-0.05, 0) is 32.1 Å². The maximum atomic E-state index is 12.4. The highest BCUT2D eigenvalue weighted by Crippen LogP contribution is 2.18. The molecule has 0 saturated heterocycles. The Kier molecular flexibility index (Phi) is 55.2. The molecule has 2 unspecified atom stereocenters. The lowest BCUT2D eigenvalue weighted by Gasteiger charge is -2.19. The second kappa shape index (κ2) is 56.2. The van der Waals surface area contributed by atoms with Gasteiger partial charge in [0.2, 0.25) is 5.91 Å². The third-order valence-electron chi connectivity index (χ3n) is 13.9. The van der Waals surface area contributed by atoms with Crippen LogP contribution in [0, 0.1) is 0 Å². The summed E-state index contributed by atoms with van der Waals surface area (Å²) < 4.78 is 0. The van der Waals surface area contributed by atoms with Gasteiger partial charge in [0.05, 0.1) is 18.8 Å². The number of amides is 1. The van der Waals surface area contributed by atoms with Crippen LogP contribution in [0.3, 0.4) is 0 Å². The Morgan fingerprint density at radius 3 is 0.906 bits per heavy atom. The van der Waals surface area contributed by atoms with Crippen molar-refractivity contribution in [1.82, 2.24) is 5.32 Å². The van der Waals surface area contributed by atoms with Gasteiger partial charge in [0.1, 0.15) is 0 Å². The Labute approximate surface area is 402 Å². The van der Waals surface area contributed by atoms with Crippen molar-refractivity contribution in [3.05, 3.63) is 24.3 Å². The Balaban J connectivity index is 3.38. The van der Waals surface area contributed by atoms with Crippen LogP contribution in [0.5, 0.6) is 0 Å². The molecule has 0 aromatic carbocycles. The van der Waals surface area contributed by atoms with Crippen molar-refractivity contribution in [3.8, 4) is 0 Å². The van der Waals surface area contributed by atoms with Crippen molar-refractivity contribution >= 4 is 5.91 Å². The molecule has 3 N–H and O–H groups in total. The van der Waals surface area contributed by atoms with Crippen LogP contribution >= 0.6 is 0 Å². The van der Waals surface area contributed by atoms with Crippen LogP contribution in [0.15, 0.2) is 24.3 Å². The molecule has 0 aliphatic heterocycles. The highest BCUT2D eigenvalue weighted by molar-refractivity contribution is 5.76. The fourth-order valence-corrected chi connectivity index (χ4v) is 9.43. The number of aliphatic hydroxyl groups is 2. The number of hydrogen-bond acceptors (Lipinski definition) is 3. The SMILES string of the molecule is CCCCCCCCCCC/C=C/CC/C=C/C(O)C(CO)NC(=O)CCCCCCCCCCCCCCCCCCCCCCCCCCCCCCCCCCCCCCC. The third-order valence-corrected chi connectivity index (χ3v) is 13.9. The smallest absolute Gasteiger partial charge is 0.220 e. The molecule has 1 amide bonds. The summed E-state index contributed by atoms with van der Waals surface area (Å²) in [6.45, 7) is 4.32. The van der Waals surface area contributed by atoms with E-state index >= 15 is 0 Å².